The van der Waals surface area contributed by atoms with Gasteiger partial charge in [-0.15, -0.1) is 0 Å². The molecule has 22 heavy (non-hydrogen) atoms. The van der Waals surface area contributed by atoms with Crippen LogP contribution in [0.15, 0.2) is 48.8 Å². The van der Waals surface area contributed by atoms with E-state index in [1.807, 2.05) is 6.33 Å². The maximum atomic E-state index is 4.65. The van der Waals surface area contributed by atoms with Gasteiger partial charge in [-0.1, -0.05) is 56.3 Å². The van der Waals surface area contributed by atoms with Crippen LogP contribution in [0.2, 0.25) is 0 Å². The van der Waals surface area contributed by atoms with Crippen LogP contribution in [-0.2, 0) is 12.5 Å². The Morgan fingerprint density at radius 3 is 2.32 bits per heavy atom. The predicted molar refractivity (Wildman–Crippen MR) is 90.9 cm³/mol. The van der Waals surface area contributed by atoms with Crippen molar-refractivity contribution in [3.63, 3.8) is 0 Å². The molecule has 2 nitrogen and oxygen atoms in total. The second-order valence-corrected chi connectivity index (χ2v) is 6.69. The molecule has 0 saturated carbocycles. The molecule has 0 N–H and O–H groups in total. The van der Waals surface area contributed by atoms with Crippen LogP contribution in [0, 0.1) is 6.92 Å². The fourth-order valence-electron chi connectivity index (χ4n) is 3.80. The van der Waals surface area contributed by atoms with Crippen molar-refractivity contribution in [2.75, 3.05) is 0 Å². The molecule has 110 valence electrons. The quantitative estimate of drug-likeness (QED) is 0.634. The maximum Gasteiger partial charge on any atom is 0.0953 e. The van der Waals surface area contributed by atoms with E-state index in [1.165, 1.54) is 33.5 Å². The summed E-state index contributed by atoms with van der Waals surface area (Å²) in [5, 5.41) is 0. The minimum absolute atomic E-state index is 0.00643. The highest BCUT2D eigenvalue weighted by Crippen LogP contribution is 2.51. The number of imidazole rings is 1. The monoisotopic (exact) mass is 288 g/mol. The Morgan fingerprint density at radius 1 is 0.909 bits per heavy atom. The Kier molecular flexibility index (Phi) is 2.62. The van der Waals surface area contributed by atoms with Crippen LogP contribution in [0.3, 0.4) is 0 Å². The molecule has 0 radical (unpaired) electrons. The summed E-state index contributed by atoms with van der Waals surface area (Å²) in [6, 6.07) is 15.4. The second kappa shape index (κ2) is 4.33. The van der Waals surface area contributed by atoms with Crippen molar-refractivity contribution in [2.24, 2.45) is 7.05 Å². The first-order valence-electron chi connectivity index (χ1n) is 7.73. The third-order valence-corrected chi connectivity index (χ3v) is 5.07. The first-order chi connectivity index (χ1) is 10.5. The zero-order valence-corrected chi connectivity index (χ0v) is 13.5. The van der Waals surface area contributed by atoms with E-state index in [0.717, 1.165) is 5.69 Å². The first-order valence-corrected chi connectivity index (χ1v) is 7.73. The smallest absolute Gasteiger partial charge is 0.0953 e. The zero-order valence-electron chi connectivity index (χ0n) is 13.5. The van der Waals surface area contributed by atoms with Gasteiger partial charge in [0, 0.05) is 23.7 Å². The largest absolute Gasteiger partial charge is 0.337 e. The third-order valence-electron chi connectivity index (χ3n) is 5.07. The summed E-state index contributed by atoms with van der Waals surface area (Å²) in [6.07, 6.45) is 1.90. The summed E-state index contributed by atoms with van der Waals surface area (Å²) in [5.74, 6) is 0. The van der Waals surface area contributed by atoms with E-state index in [2.05, 4.69) is 79.8 Å². The predicted octanol–water partition coefficient (Wildman–Crippen LogP) is 4.70. The van der Waals surface area contributed by atoms with E-state index < -0.39 is 0 Å². The highest BCUT2D eigenvalue weighted by atomic mass is 15.0. The van der Waals surface area contributed by atoms with Gasteiger partial charge in [0.2, 0.25) is 0 Å². The van der Waals surface area contributed by atoms with Crippen molar-refractivity contribution in [3.05, 3.63) is 65.6 Å². The van der Waals surface area contributed by atoms with E-state index in [1.54, 1.807) is 0 Å². The SMILES string of the molecule is Cc1c(-c2cccc3c2C(C)(C)c2ccccc2-3)ncn1C. The van der Waals surface area contributed by atoms with E-state index >= 15 is 0 Å². The van der Waals surface area contributed by atoms with Gasteiger partial charge in [0.1, 0.15) is 0 Å². The van der Waals surface area contributed by atoms with E-state index in [4.69, 9.17) is 0 Å². The van der Waals surface area contributed by atoms with Crippen molar-refractivity contribution in [3.8, 4) is 22.4 Å². The van der Waals surface area contributed by atoms with E-state index in [9.17, 15) is 0 Å². The van der Waals surface area contributed by atoms with E-state index in [0.29, 0.717) is 0 Å². The standard InChI is InChI=1S/C20H20N2/c1-13-19(21-12-22(13)4)16-10-7-9-15-14-8-5-6-11-17(14)20(2,3)18(15)16/h5-12H,1-4H3. The number of hydrogen-bond acceptors (Lipinski definition) is 1. The lowest BCUT2D eigenvalue weighted by Crippen LogP contribution is -2.16. The van der Waals surface area contributed by atoms with Crippen LogP contribution in [0.5, 0.6) is 0 Å². The van der Waals surface area contributed by atoms with E-state index in [-0.39, 0.29) is 5.41 Å². The molecule has 0 amide bonds. The van der Waals surface area contributed by atoms with Gasteiger partial charge < -0.3 is 4.57 Å². The van der Waals surface area contributed by atoms with Crippen LogP contribution >= 0.6 is 0 Å². The molecule has 0 saturated heterocycles. The highest BCUT2D eigenvalue weighted by molar-refractivity contribution is 5.87. The minimum Gasteiger partial charge on any atom is -0.337 e. The fraction of sp³-hybridized carbons (Fsp3) is 0.250. The fourth-order valence-corrected chi connectivity index (χ4v) is 3.80. The van der Waals surface area contributed by atoms with Crippen LogP contribution in [0.4, 0.5) is 0 Å². The normalized spacial score (nSPS) is 14.7. The number of fused-ring (bicyclic) bond motifs is 3. The second-order valence-electron chi connectivity index (χ2n) is 6.69. The zero-order chi connectivity index (χ0) is 15.5. The number of hydrogen-bond donors (Lipinski definition) is 0. The lowest BCUT2D eigenvalue weighted by Gasteiger charge is -2.24. The van der Waals surface area contributed by atoms with Gasteiger partial charge in [0.05, 0.1) is 12.0 Å². The molecule has 4 rings (SSSR count). The molecule has 2 heteroatoms. The van der Waals surface area contributed by atoms with Crippen molar-refractivity contribution in [1.29, 1.82) is 0 Å². The topological polar surface area (TPSA) is 17.8 Å². The van der Waals surface area contributed by atoms with Gasteiger partial charge in [-0.2, -0.15) is 0 Å². The average Bonchev–Trinajstić information content (AvgIpc) is 2.97. The summed E-state index contributed by atoms with van der Waals surface area (Å²) in [7, 11) is 2.05. The first kappa shape index (κ1) is 13.3. The van der Waals surface area contributed by atoms with Crippen LogP contribution in [-0.4, -0.2) is 9.55 Å². The summed E-state index contributed by atoms with van der Waals surface area (Å²) >= 11 is 0. The molecule has 2 aromatic carbocycles. The highest BCUT2D eigenvalue weighted by Gasteiger charge is 2.37. The number of benzene rings is 2. The Hall–Kier alpha value is -2.35. The summed E-state index contributed by atoms with van der Waals surface area (Å²) in [4.78, 5) is 4.65. The third kappa shape index (κ3) is 1.58. The van der Waals surface area contributed by atoms with Crippen molar-refractivity contribution in [1.82, 2.24) is 9.55 Å². The van der Waals surface area contributed by atoms with Crippen LogP contribution < -0.4 is 0 Å². The van der Waals surface area contributed by atoms with Crippen molar-refractivity contribution in [2.45, 2.75) is 26.2 Å². The number of aromatic nitrogens is 2. The molecule has 0 unspecified atom stereocenters. The molecule has 0 spiro atoms. The molecule has 0 aliphatic heterocycles. The Morgan fingerprint density at radius 2 is 1.59 bits per heavy atom. The minimum atomic E-state index is 0.00643. The van der Waals surface area contributed by atoms with Gasteiger partial charge in [0.25, 0.3) is 0 Å². The Bertz CT molecular complexity index is 884. The lowest BCUT2D eigenvalue weighted by molar-refractivity contribution is 0.661. The molecule has 0 fully saturated rings. The van der Waals surface area contributed by atoms with Gasteiger partial charge in [-0.25, -0.2) is 4.98 Å². The maximum absolute atomic E-state index is 4.65. The van der Waals surface area contributed by atoms with Crippen LogP contribution in [0.25, 0.3) is 22.4 Å². The average molecular weight is 288 g/mol. The van der Waals surface area contributed by atoms with Gasteiger partial charge in [0.15, 0.2) is 0 Å². The molecule has 1 aromatic heterocycles. The Labute approximate surface area is 131 Å². The lowest BCUT2D eigenvalue weighted by atomic mass is 9.79. The summed E-state index contributed by atoms with van der Waals surface area (Å²) < 4.78 is 2.09. The van der Waals surface area contributed by atoms with Crippen LogP contribution in [0.1, 0.15) is 30.7 Å². The van der Waals surface area contributed by atoms with Gasteiger partial charge >= 0.3 is 0 Å². The molecule has 0 atom stereocenters. The van der Waals surface area contributed by atoms with Gasteiger partial charge in [-0.3, -0.25) is 0 Å². The molecule has 1 aliphatic carbocycles. The molecule has 1 heterocycles. The molecule has 1 aliphatic rings. The number of nitrogens with zero attached hydrogens (tertiary/aromatic N) is 2. The molecule has 3 aromatic rings. The Balaban J connectivity index is 2.07. The number of aryl methyl sites for hydroxylation is 1. The van der Waals surface area contributed by atoms with Gasteiger partial charge in [-0.05, 0) is 29.2 Å². The number of rotatable bonds is 1. The molecule has 0 bridgehead atoms. The van der Waals surface area contributed by atoms with Crippen molar-refractivity contribution >= 4 is 0 Å². The van der Waals surface area contributed by atoms with Crippen molar-refractivity contribution < 1.29 is 0 Å². The molecular formula is C20H20N2. The summed E-state index contributed by atoms with van der Waals surface area (Å²) in [6.45, 7) is 6.77. The molecular weight excluding hydrogens is 268 g/mol. The summed E-state index contributed by atoms with van der Waals surface area (Å²) in [5.41, 5.74) is 9.09.